The van der Waals surface area contributed by atoms with E-state index < -0.39 is 0 Å². The molecule has 1 atom stereocenters. The van der Waals surface area contributed by atoms with Crippen LogP contribution in [0.2, 0.25) is 0 Å². The highest BCUT2D eigenvalue weighted by Crippen LogP contribution is 2.44. The van der Waals surface area contributed by atoms with Gasteiger partial charge < -0.3 is 14.4 Å². The van der Waals surface area contributed by atoms with E-state index in [1.807, 2.05) is 18.9 Å². The highest BCUT2D eigenvalue weighted by atomic mass is 16.5. The van der Waals surface area contributed by atoms with E-state index in [4.69, 9.17) is 9.47 Å². The summed E-state index contributed by atoms with van der Waals surface area (Å²) in [4.78, 5) is 25.6. The average molecular weight is 360 g/mol. The van der Waals surface area contributed by atoms with Gasteiger partial charge in [0, 0.05) is 52.2 Å². The number of rotatable bonds is 3. The van der Waals surface area contributed by atoms with Gasteiger partial charge in [-0.1, -0.05) is 0 Å². The normalized spacial score (nSPS) is 26.7. The minimum atomic E-state index is -0.00453. The number of carbonyl (C=O) groups is 1. The van der Waals surface area contributed by atoms with Gasteiger partial charge in [0.15, 0.2) is 0 Å². The number of hydrogen-bond acceptors (Lipinski definition) is 6. The molecule has 7 heteroatoms. The van der Waals surface area contributed by atoms with Crippen molar-refractivity contribution in [1.82, 2.24) is 19.8 Å². The molecular weight excluding hydrogens is 332 g/mol. The van der Waals surface area contributed by atoms with Crippen molar-refractivity contribution in [2.75, 3.05) is 40.0 Å². The molecule has 142 valence electrons. The zero-order chi connectivity index (χ0) is 18.1. The molecule has 7 nitrogen and oxygen atoms in total. The number of carbonyl (C=O) groups excluding carboxylic acids is 1. The van der Waals surface area contributed by atoms with E-state index in [0.29, 0.717) is 17.8 Å². The fraction of sp³-hybridized carbons (Fsp3) is 0.737. The maximum absolute atomic E-state index is 12.6. The lowest BCUT2D eigenvalue weighted by molar-refractivity contribution is -0.207. The largest absolute Gasteiger partial charge is 0.381 e. The van der Waals surface area contributed by atoms with Crippen molar-refractivity contribution in [3.05, 3.63) is 23.8 Å². The molecule has 0 saturated carbocycles. The van der Waals surface area contributed by atoms with Crippen molar-refractivity contribution < 1.29 is 14.3 Å². The predicted molar refractivity (Wildman–Crippen MR) is 96.0 cm³/mol. The van der Waals surface area contributed by atoms with Crippen LogP contribution >= 0.6 is 0 Å². The summed E-state index contributed by atoms with van der Waals surface area (Å²) in [5.74, 6) is -0.00453. The van der Waals surface area contributed by atoms with E-state index in [1.54, 1.807) is 12.4 Å². The molecule has 0 N–H and O–H groups in total. The first kappa shape index (κ1) is 17.8. The zero-order valence-corrected chi connectivity index (χ0v) is 15.7. The molecule has 0 bridgehead atoms. The van der Waals surface area contributed by atoms with Crippen molar-refractivity contribution >= 4 is 5.91 Å². The molecule has 0 radical (unpaired) electrons. The second-order valence-electron chi connectivity index (χ2n) is 7.66. The summed E-state index contributed by atoms with van der Waals surface area (Å²) in [6.07, 6.45) is 7.65. The summed E-state index contributed by atoms with van der Waals surface area (Å²) in [5.41, 5.74) is 1.41. The van der Waals surface area contributed by atoms with Crippen LogP contribution in [0.5, 0.6) is 0 Å². The minimum Gasteiger partial charge on any atom is -0.381 e. The van der Waals surface area contributed by atoms with Gasteiger partial charge in [-0.25, -0.2) is 4.98 Å². The number of aromatic nitrogens is 2. The van der Waals surface area contributed by atoms with E-state index in [-0.39, 0.29) is 11.4 Å². The van der Waals surface area contributed by atoms with Gasteiger partial charge in [0.2, 0.25) is 0 Å². The number of nitrogens with zero attached hydrogens (tertiary/aromatic N) is 4. The Morgan fingerprint density at radius 1 is 1.23 bits per heavy atom. The van der Waals surface area contributed by atoms with E-state index >= 15 is 0 Å². The molecule has 1 spiro atoms. The maximum Gasteiger partial charge on any atom is 0.274 e. The third-order valence-corrected chi connectivity index (χ3v) is 6.37. The Morgan fingerprint density at radius 2 is 1.96 bits per heavy atom. The van der Waals surface area contributed by atoms with E-state index in [1.165, 1.54) is 0 Å². The van der Waals surface area contributed by atoms with Crippen LogP contribution in [0, 0.1) is 6.92 Å². The van der Waals surface area contributed by atoms with E-state index in [0.717, 1.165) is 64.2 Å². The average Bonchev–Trinajstić information content (AvgIpc) is 2.69. The van der Waals surface area contributed by atoms with Gasteiger partial charge >= 0.3 is 0 Å². The number of piperidine rings is 1. The van der Waals surface area contributed by atoms with E-state index in [9.17, 15) is 4.79 Å². The van der Waals surface area contributed by atoms with Crippen LogP contribution in [0.1, 0.15) is 41.9 Å². The van der Waals surface area contributed by atoms with Gasteiger partial charge in [0.25, 0.3) is 5.91 Å². The highest BCUT2D eigenvalue weighted by molar-refractivity contribution is 5.92. The highest BCUT2D eigenvalue weighted by Gasteiger charge is 2.56. The molecule has 3 fully saturated rings. The first-order valence-corrected chi connectivity index (χ1v) is 9.59. The molecule has 1 unspecified atom stereocenters. The smallest absolute Gasteiger partial charge is 0.274 e. The zero-order valence-electron chi connectivity index (χ0n) is 15.7. The lowest BCUT2D eigenvalue weighted by Crippen LogP contribution is -2.75. The maximum atomic E-state index is 12.6. The Kier molecular flexibility index (Phi) is 4.94. The second kappa shape index (κ2) is 7.21. The first-order chi connectivity index (χ1) is 12.6. The fourth-order valence-electron chi connectivity index (χ4n) is 4.79. The molecule has 1 aromatic heterocycles. The van der Waals surface area contributed by atoms with Crippen LogP contribution < -0.4 is 0 Å². The Hall–Kier alpha value is -1.57. The number of aryl methyl sites for hydroxylation is 1. The molecule has 3 saturated heterocycles. The standard InChI is InChI=1S/C19H28N4O3/c1-14-11-21-16(12-20-14)18(24)22-7-3-15(4-8-22)23-13-17(25-2)19(23)5-9-26-10-6-19/h11-12,15,17H,3-10,13H2,1-2H3. The minimum absolute atomic E-state index is 0.00453. The van der Waals surface area contributed by atoms with Crippen LogP contribution in [0.3, 0.4) is 0 Å². The summed E-state index contributed by atoms with van der Waals surface area (Å²) in [7, 11) is 1.82. The van der Waals surface area contributed by atoms with Crippen LogP contribution in [0.25, 0.3) is 0 Å². The lowest BCUT2D eigenvalue weighted by Gasteiger charge is -2.63. The van der Waals surface area contributed by atoms with Crippen molar-refractivity contribution in [1.29, 1.82) is 0 Å². The third-order valence-electron chi connectivity index (χ3n) is 6.37. The van der Waals surface area contributed by atoms with Gasteiger partial charge in [-0.15, -0.1) is 0 Å². The van der Waals surface area contributed by atoms with Crippen LogP contribution in [0.15, 0.2) is 12.4 Å². The fourth-order valence-corrected chi connectivity index (χ4v) is 4.79. The molecule has 1 aromatic rings. The van der Waals surface area contributed by atoms with Crippen LogP contribution in [-0.2, 0) is 9.47 Å². The Balaban J connectivity index is 1.37. The predicted octanol–water partition coefficient (Wildman–Crippen LogP) is 1.27. The molecule has 26 heavy (non-hydrogen) atoms. The Morgan fingerprint density at radius 3 is 2.58 bits per heavy atom. The van der Waals surface area contributed by atoms with Gasteiger partial charge in [0.05, 0.1) is 23.5 Å². The number of likely N-dealkylation sites (tertiary alicyclic amines) is 2. The summed E-state index contributed by atoms with van der Waals surface area (Å²) >= 11 is 0. The summed E-state index contributed by atoms with van der Waals surface area (Å²) < 4.78 is 11.3. The number of methoxy groups -OCH3 is 1. The molecule has 0 aromatic carbocycles. The summed E-state index contributed by atoms with van der Waals surface area (Å²) in [6.45, 7) is 6.07. The van der Waals surface area contributed by atoms with Crippen molar-refractivity contribution in [2.45, 2.75) is 50.3 Å². The van der Waals surface area contributed by atoms with Crippen molar-refractivity contribution in [3.8, 4) is 0 Å². The second-order valence-corrected chi connectivity index (χ2v) is 7.66. The molecule has 1 amide bonds. The topological polar surface area (TPSA) is 67.8 Å². The van der Waals surface area contributed by atoms with Crippen molar-refractivity contribution in [3.63, 3.8) is 0 Å². The Bertz CT molecular complexity index is 637. The number of amides is 1. The number of hydrogen-bond donors (Lipinski definition) is 0. The quantitative estimate of drug-likeness (QED) is 0.809. The van der Waals surface area contributed by atoms with Gasteiger partial charge in [-0.2, -0.15) is 0 Å². The SMILES string of the molecule is COC1CN(C2CCN(C(=O)c3cnc(C)cn3)CC2)C12CCOCC2. The lowest BCUT2D eigenvalue weighted by atomic mass is 9.73. The van der Waals surface area contributed by atoms with Crippen LogP contribution in [0.4, 0.5) is 0 Å². The molecule has 4 heterocycles. The molecule has 0 aliphatic carbocycles. The van der Waals surface area contributed by atoms with Gasteiger partial charge in [-0.05, 0) is 32.6 Å². The molecular formula is C19H28N4O3. The summed E-state index contributed by atoms with van der Waals surface area (Å²) in [5, 5.41) is 0. The molecule has 3 aliphatic heterocycles. The monoisotopic (exact) mass is 360 g/mol. The first-order valence-electron chi connectivity index (χ1n) is 9.59. The molecule has 3 aliphatic rings. The van der Waals surface area contributed by atoms with Gasteiger partial charge in [-0.3, -0.25) is 14.7 Å². The molecule has 4 rings (SSSR count). The number of ether oxygens (including phenoxy) is 2. The van der Waals surface area contributed by atoms with E-state index in [2.05, 4.69) is 14.9 Å². The van der Waals surface area contributed by atoms with Crippen LogP contribution in [-0.4, -0.2) is 83.3 Å². The Labute approximate surface area is 154 Å². The summed E-state index contributed by atoms with van der Waals surface area (Å²) in [6, 6.07) is 0.521. The third kappa shape index (κ3) is 3.02. The van der Waals surface area contributed by atoms with Gasteiger partial charge in [0.1, 0.15) is 5.69 Å². The van der Waals surface area contributed by atoms with Crippen molar-refractivity contribution in [2.24, 2.45) is 0 Å².